The van der Waals surface area contributed by atoms with E-state index in [1.807, 2.05) is 0 Å². The van der Waals surface area contributed by atoms with Gasteiger partial charge in [0.15, 0.2) is 0 Å². The molecule has 0 aromatic rings. The average molecular weight is 197 g/mol. The van der Waals surface area contributed by atoms with Crippen molar-refractivity contribution in [1.82, 2.24) is 5.32 Å². The van der Waals surface area contributed by atoms with Gasteiger partial charge in [0.2, 0.25) is 0 Å². The van der Waals surface area contributed by atoms with Crippen molar-refractivity contribution in [3.05, 3.63) is 0 Å². The Kier molecular flexibility index (Phi) is 3.13. The highest BCUT2D eigenvalue weighted by Crippen LogP contribution is 2.38. The van der Waals surface area contributed by atoms with Gasteiger partial charge < -0.3 is 10.1 Å². The molecule has 3 atom stereocenters. The minimum atomic E-state index is 0.178. The van der Waals surface area contributed by atoms with Crippen LogP contribution in [0.2, 0.25) is 0 Å². The van der Waals surface area contributed by atoms with E-state index in [1.165, 1.54) is 25.7 Å². The fourth-order valence-electron chi connectivity index (χ4n) is 2.91. The van der Waals surface area contributed by atoms with Crippen molar-refractivity contribution in [2.45, 2.75) is 57.7 Å². The molecule has 1 spiro atoms. The first-order valence-electron chi connectivity index (χ1n) is 6.15. The van der Waals surface area contributed by atoms with E-state index in [0.29, 0.717) is 6.10 Å². The lowest BCUT2D eigenvalue weighted by Crippen LogP contribution is -2.58. The van der Waals surface area contributed by atoms with E-state index in [-0.39, 0.29) is 5.60 Å². The highest BCUT2D eigenvalue weighted by molar-refractivity contribution is 4.95. The van der Waals surface area contributed by atoms with Crippen molar-refractivity contribution in [3.8, 4) is 0 Å². The molecule has 2 rings (SSSR count). The zero-order chi connectivity index (χ0) is 10.0. The van der Waals surface area contributed by atoms with E-state index in [0.717, 1.165) is 25.4 Å². The lowest BCUT2D eigenvalue weighted by molar-refractivity contribution is -0.159. The maximum absolute atomic E-state index is 6.31. The van der Waals surface area contributed by atoms with Crippen LogP contribution >= 0.6 is 0 Å². The second-order valence-electron chi connectivity index (χ2n) is 4.99. The van der Waals surface area contributed by atoms with Crippen molar-refractivity contribution >= 4 is 0 Å². The van der Waals surface area contributed by atoms with E-state index < -0.39 is 0 Å². The van der Waals surface area contributed by atoms with Crippen LogP contribution in [0.1, 0.15) is 46.0 Å². The van der Waals surface area contributed by atoms with Crippen LogP contribution in [0.3, 0.4) is 0 Å². The van der Waals surface area contributed by atoms with Gasteiger partial charge in [0.25, 0.3) is 0 Å². The van der Waals surface area contributed by atoms with E-state index >= 15 is 0 Å². The average Bonchev–Trinajstić information content (AvgIpc) is 2.23. The molecule has 1 heterocycles. The third-order valence-electron chi connectivity index (χ3n) is 4.04. The minimum absolute atomic E-state index is 0.178. The van der Waals surface area contributed by atoms with Gasteiger partial charge in [-0.3, -0.25) is 0 Å². The molecular formula is C12H23NO. The summed E-state index contributed by atoms with van der Waals surface area (Å²) in [5.41, 5.74) is 0.178. The zero-order valence-electron chi connectivity index (χ0n) is 9.51. The Balaban J connectivity index is 2.04. The van der Waals surface area contributed by atoms with Gasteiger partial charge in [0.1, 0.15) is 0 Å². The van der Waals surface area contributed by atoms with Gasteiger partial charge in [-0.15, -0.1) is 0 Å². The van der Waals surface area contributed by atoms with Crippen LogP contribution < -0.4 is 5.32 Å². The molecule has 0 radical (unpaired) electrons. The van der Waals surface area contributed by atoms with E-state index in [4.69, 9.17) is 4.74 Å². The number of rotatable bonds is 1. The van der Waals surface area contributed by atoms with Gasteiger partial charge in [-0.05, 0) is 25.2 Å². The number of hydrogen-bond donors (Lipinski definition) is 1. The molecule has 2 heteroatoms. The molecule has 82 valence electrons. The molecule has 2 nitrogen and oxygen atoms in total. The zero-order valence-corrected chi connectivity index (χ0v) is 9.51. The molecular weight excluding hydrogens is 174 g/mol. The molecule has 1 saturated carbocycles. The second kappa shape index (κ2) is 4.19. The first-order valence-corrected chi connectivity index (χ1v) is 6.15. The second-order valence-corrected chi connectivity index (χ2v) is 4.99. The standard InChI is InChI=1S/C12H23NO/c1-3-11-8-13-9-12(14-11)7-5-4-6-10(12)2/h10-11,13H,3-9H2,1-2H3. The number of morpholine rings is 1. The van der Waals surface area contributed by atoms with Gasteiger partial charge in [-0.1, -0.05) is 26.7 Å². The van der Waals surface area contributed by atoms with Crippen molar-refractivity contribution in [2.24, 2.45) is 5.92 Å². The normalized spacial score (nSPS) is 44.1. The summed E-state index contributed by atoms with van der Waals surface area (Å²) >= 11 is 0. The molecule has 1 aliphatic carbocycles. The summed E-state index contributed by atoms with van der Waals surface area (Å²) in [5.74, 6) is 0.734. The van der Waals surface area contributed by atoms with Gasteiger partial charge in [0, 0.05) is 13.1 Å². The number of hydrogen-bond acceptors (Lipinski definition) is 2. The summed E-state index contributed by atoms with van der Waals surface area (Å²) in [6.45, 7) is 6.70. The summed E-state index contributed by atoms with van der Waals surface area (Å²) in [6.07, 6.45) is 6.94. The monoisotopic (exact) mass is 197 g/mol. The molecule has 14 heavy (non-hydrogen) atoms. The fraction of sp³-hybridized carbons (Fsp3) is 1.00. The first kappa shape index (κ1) is 10.4. The SMILES string of the molecule is CCC1CNCC2(CCCCC2C)O1. The minimum Gasteiger partial charge on any atom is -0.369 e. The van der Waals surface area contributed by atoms with Crippen molar-refractivity contribution in [3.63, 3.8) is 0 Å². The molecule has 2 fully saturated rings. The summed E-state index contributed by atoms with van der Waals surface area (Å²) in [6, 6.07) is 0. The van der Waals surface area contributed by atoms with Gasteiger partial charge in [0.05, 0.1) is 11.7 Å². The highest BCUT2D eigenvalue weighted by Gasteiger charge is 2.42. The Labute approximate surface area is 87.4 Å². The van der Waals surface area contributed by atoms with E-state index in [9.17, 15) is 0 Å². The van der Waals surface area contributed by atoms with Gasteiger partial charge >= 0.3 is 0 Å². The lowest BCUT2D eigenvalue weighted by atomic mass is 9.75. The maximum Gasteiger partial charge on any atom is 0.0836 e. The third-order valence-corrected chi connectivity index (χ3v) is 4.04. The van der Waals surface area contributed by atoms with Gasteiger partial charge in [-0.2, -0.15) is 0 Å². The van der Waals surface area contributed by atoms with Crippen LogP contribution in [0.25, 0.3) is 0 Å². The van der Waals surface area contributed by atoms with Crippen LogP contribution in [0, 0.1) is 5.92 Å². The van der Waals surface area contributed by atoms with E-state index in [2.05, 4.69) is 19.2 Å². The maximum atomic E-state index is 6.31. The third kappa shape index (κ3) is 1.82. The van der Waals surface area contributed by atoms with E-state index in [1.54, 1.807) is 0 Å². The summed E-state index contributed by atoms with van der Waals surface area (Å²) in [5, 5.41) is 3.55. The van der Waals surface area contributed by atoms with Crippen molar-refractivity contribution in [2.75, 3.05) is 13.1 Å². The predicted octanol–water partition coefficient (Wildman–Crippen LogP) is 2.33. The first-order chi connectivity index (χ1) is 6.77. The molecule has 3 unspecified atom stereocenters. The largest absolute Gasteiger partial charge is 0.369 e. The molecule has 0 amide bonds. The number of ether oxygens (including phenoxy) is 1. The fourth-order valence-corrected chi connectivity index (χ4v) is 2.91. The topological polar surface area (TPSA) is 21.3 Å². The number of nitrogens with one attached hydrogen (secondary N) is 1. The molecule has 2 aliphatic rings. The Hall–Kier alpha value is -0.0800. The summed E-state index contributed by atoms with van der Waals surface area (Å²) in [4.78, 5) is 0. The van der Waals surface area contributed by atoms with Crippen LogP contribution in [0.5, 0.6) is 0 Å². The highest BCUT2D eigenvalue weighted by atomic mass is 16.5. The quantitative estimate of drug-likeness (QED) is 0.696. The molecule has 0 bridgehead atoms. The molecule has 1 saturated heterocycles. The summed E-state index contributed by atoms with van der Waals surface area (Å²) < 4.78 is 6.31. The van der Waals surface area contributed by atoms with Crippen molar-refractivity contribution in [1.29, 1.82) is 0 Å². The molecule has 1 N–H and O–H groups in total. The van der Waals surface area contributed by atoms with Crippen LogP contribution in [-0.2, 0) is 4.74 Å². The molecule has 1 aliphatic heterocycles. The van der Waals surface area contributed by atoms with Gasteiger partial charge in [-0.25, -0.2) is 0 Å². The summed E-state index contributed by atoms with van der Waals surface area (Å²) in [7, 11) is 0. The van der Waals surface area contributed by atoms with Crippen LogP contribution in [0.15, 0.2) is 0 Å². The Morgan fingerprint density at radius 2 is 2.29 bits per heavy atom. The van der Waals surface area contributed by atoms with Crippen LogP contribution in [-0.4, -0.2) is 24.8 Å². The Morgan fingerprint density at radius 3 is 3.00 bits per heavy atom. The van der Waals surface area contributed by atoms with Crippen LogP contribution in [0.4, 0.5) is 0 Å². The lowest BCUT2D eigenvalue weighted by Gasteiger charge is -2.48. The molecule has 0 aromatic heterocycles. The Morgan fingerprint density at radius 1 is 1.43 bits per heavy atom. The molecule has 0 aromatic carbocycles. The van der Waals surface area contributed by atoms with Crippen molar-refractivity contribution < 1.29 is 4.74 Å². The Bertz CT molecular complexity index is 191. The smallest absolute Gasteiger partial charge is 0.0836 e. The predicted molar refractivity (Wildman–Crippen MR) is 58.4 cm³/mol.